The van der Waals surface area contributed by atoms with E-state index in [1.165, 1.54) is 0 Å². The standard InChI is InChI=1S/C13H14FN/c1-3-8-15(2)13-11-7-5-4-6-10(11)9-12(13)14/h1,4-7,12-13H,8-9H2,2H3. The molecule has 0 saturated heterocycles. The Morgan fingerprint density at radius 2 is 2.27 bits per heavy atom. The number of halogens is 1. The van der Waals surface area contributed by atoms with Crippen molar-refractivity contribution in [3.63, 3.8) is 0 Å². The Kier molecular flexibility index (Phi) is 2.75. The molecule has 0 N–H and O–H groups in total. The predicted octanol–water partition coefficient (Wildman–Crippen LogP) is 2.19. The summed E-state index contributed by atoms with van der Waals surface area (Å²) in [6.07, 6.45) is 4.93. The van der Waals surface area contributed by atoms with Gasteiger partial charge in [-0.2, -0.15) is 0 Å². The number of nitrogens with zero attached hydrogens (tertiary/aromatic N) is 1. The first-order valence-electron chi connectivity index (χ1n) is 5.09. The van der Waals surface area contributed by atoms with Crippen LogP contribution in [0.15, 0.2) is 24.3 Å². The van der Waals surface area contributed by atoms with E-state index in [9.17, 15) is 4.39 Å². The molecule has 0 bridgehead atoms. The number of hydrogen-bond donors (Lipinski definition) is 0. The summed E-state index contributed by atoms with van der Waals surface area (Å²) < 4.78 is 13.8. The average molecular weight is 203 g/mol. The third-order valence-corrected chi connectivity index (χ3v) is 2.95. The summed E-state index contributed by atoms with van der Waals surface area (Å²) in [4.78, 5) is 1.90. The lowest BCUT2D eigenvalue weighted by molar-refractivity contribution is 0.164. The lowest BCUT2D eigenvalue weighted by Gasteiger charge is -2.24. The molecule has 2 rings (SSSR count). The summed E-state index contributed by atoms with van der Waals surface area (Å²) >= 11 is 0. The Morgan fingerprint density at radius 3 is 3.00 bits per heavy atom. The molecule has 2 atom stereocenters. The summed E-state index contributed by atoms with van der Waals surface area (Å²) in [5, 5.41) is 0. The molecule has 0 fully saturated rings. The van der Waals surface area contributed by atoms with Gasteiger partial charge in [-0.15, -0.1) is 6.42 Å². The molecule has 1 nitrogen and oxygen atoms in total. The van der Waals surface area contributed by atoms with Gasteiger partial charge in [-0.1, -0.05) is 30.2 Å². The first kappa shape index (κ1) is 10.2. The maximum Gasteiger partial charge on any atom is 0.124 e. The summed E-state index contributed by atoms with van der Waals surface area (Å²) in [6, 6.07) is 7.72. The Hall–Kier alpha value is -1.33. The molecule has 2 unspecified atom stereocenters. The van der Waals surface area contributed by atoms with E-state index >= 15 is 0 Å². The van der Waals surface area contributed by atoms with E-state index in [0.29, 0.717) is 13.0 Å². The van der Waals surface area contributed by atoms with Gasteiger partial charge in [0.1, 0.15) is 6.17 Å². The molecule has 0 amide bonds. The van der Waals surface area contributed by atoms with Crippen LogP contribution in [0.3, 0.4) is 0 Å². The molecule has 0 saturated carbocycles. The van der Waals surface area contributed by atoms with Crippen LogP contribution < -0.4 is 0 Å². The number of benzene rings is 1. The van der Waals surface area contributed by atoms with E-state index < -0.39 is 6.17 Å². The molecule has 0 heterocycles. The van der Waals surface area contributed by atoms with Crippen molar-refractivity contribution in [2.24, 2.45) is 0 Å². The van der Waals surface area contributed by atoms with Crippen LogP contribution in [0.25, 0.3) is 0 Å². The monoisotopic (exact) mass is 203 g/mol. The Balaban J connectivity index is 2.30. The second-order valence-corrected chi connectivity index (χ2v) is 3.98. The maximum absolute atomic E-state index is 13.8. The van der Waals surface area contributed by atoms with Crippen LogP contribution in [0.4, 0.5) is 4.39 Å². The van der Waals surface area contributed by atoms with Gasteiger partial charge in [0.15, 0.2) is 0 Å². The zero-order chi connectivity index (χ0) is 10.8. The van der Waals surface area contributed by atoms with Gasteiger partial charge in [-0.05, 0) is 18.2 Å². The van der Waals surface area contributed by atoms with Crippen molar-refractivity contribution in [1.82, 2.24) is 4.90 Å². The highest BCUT2D eigenvalue weighted by Gasteiger charge is 2.34. The van der Waals surface area contributed by atoms with Crippen molar-refractivity contribution in [1.29, 1.82) is 0 Å². The number of terminal acetylenes is 1. The smallest absolute Gasteiger partial charge is 0.124 e. The summed E-state index contributed by atoms with van der Waals surface area (Å²) in [5.74, 6) is 2.55. The number of hydrogen-bond acceptors (Lipinski definition) is 1. The van der Waals surface area contributed by atoms with Crippen LogP contribution in [0.5, 0.6) is 0 Å². The maximum atomic E-state index is 13.8. The van der Waals surface area contributed by atoms with Gasteiger partial charge in [-0.25, -0.2) is 4.39 Å². The minimum absolute atomic E-state index is 0.169. The van der Waals surface area contributed by atoms with Crippen LogP contribution in [0.2, 0.25) is 0 Å². The van der Waals surface area contributed by atoms with Crippen molar-refractivity contribution in [2.45, 2.75) is 18.6 Å². The van der Waals surface area contributed by atoms with Gasteiger partial charge in [0, 0.05) is 6.42 Å². The van der Waals surface area contributed by atoms with Gasteiger partial charge in [0.25, 0.3) is 0 Å². The first-order chi connectivity index (χ1) is 7.24. The molecule has 0 aromatic heterocycles. The van der Waals surface area contributed by atoms with Crippen LogP contribution in [0.1, 0.15) is 17.2 Å². The highest BCUT2D eigenvalue weighted by atomic mass is 19.1. The zero-order valence-corrected chi connectivity index (χ0v) is 8.78. The third-order valence-electron chi connectivity index (χ3n) is 2.95. The van der Waals surface area contributed by atoms with Gasteiger partial charge in [0.05, 0.1) is 12.6 Å². The van der Waals surface area contributed by atoms with Crippen LogP contribution in [-0.2, 0) is 6.42 Å². The van der Waals surface area contributed by atoms with Crippen LogP contribution >= 0.6 is 0 Å². The van der Waals surface area contributed by atoms with E-state index in [0.717, 1.165) is 11.1 Å². The van der Waals surface area contributed by atoms with Gasteiger partial charge < -0.3 is 0 Å². The van der Waals surface area contributed by atoms with Crippen molar-refractivity contribution in [2.75, 3.05) is 13.6 Å². The lowest BCUT2D eigenvalue weighted by Crippen LogP contribution is -2.29. The SMILES string of the molecule is C#CCN(C)C1c2ccccc2CC1F. The van der Waals surface area contributed by atoms with Gasteiger partial charge >= 0.3 is 0 Å². The molecular formula is C13H14FN. The summed E-state index contributed by atoms with van der Waals surface area (Å²) in [6.45, 7) is 0.486. The Labute approximate surface area is 89.9 Å². The summed E-state index contributed by atoms with van der Waals surface area (Å²) in [7, 11) is 1.87. The van der Waals surface area contributed by atoms with Crippen molar-refractivity contribution in [3.05, 3.63) is 35.4 Å². The van der Waals surface area contributed by atoms with E-state index in [1.807, 2.05) is 36.2 Å². The fraction of sp³-hybridized carbons (Fsp3) is 0.385. The lowest BCUT2D eigenvalue weighted by atomic mass is 10.1. The predicted molar refractivity (Wildman–Crippen MR) is 59.2 cm³/mol. The minimum atomic E-state index is -0.833. The van der Waals surface area contributed by atoms with Crippen LogP contribution in [0, 0.1) is 12.3 Å². The fourth-order valence-corrected chi connectivity index (χ4v) is 2.28. The van der Waals surface area contributed by atoms with E-state index in [2.05, 4.69) is 5.92 Å². The fourth-order valence-electron chi connectivity index (χ4n) is 2.28. The second-order valence-electron chi connectivity index (χ2n) is 3.98. The molecular weight excluding hydrogens is 189 g/mol. The van der Waals surface area contributed by atoms with Crippen molar-refractivity contribution >= 4 is 0 Å². The zero-order valence-electron chi connectivity index (χ0n) is 8.78. The molecule has 1 aliphatic carbocycles. The molecule has 1 aromatic rings. The minimum Gasteiger partial charge on any atom is -0.285 e. The number of fused-ring (bicyclic) bond motifs is 1. The van der Waals surface area contributed by atoms with E-state index in [1.54, 1.807) is 0 Å². The largest absolute Gasteiger partial charge is 0.285 e. The molecule has 0 radical (unpaired) electrons. The van der Waals surface area contributed by atoms with E-state index in [-0.39, 0.29) is 6.04 Å². The number of alkyl halides is 1. The van der Waals surface area contributed by atoms with Crippen LogP contribution in [-0.4, -0.2) is 24.7 Å². The molecule has 78 valence electrons. The summed E-state index contributed by atoms with van der Waals surface area (Å²) in [5.41, 5.74) is 2.20. The topological polar surface area (TPSA) is 3.24 Å². The highest BCUT2D eigenvalue weighted by Crippen LogP contribution is 2.36. The van der Waals surface area contributed by atoms with Crippen molar-refractivity contribution in [3.8, 4) is 12.3 Å². The number of rotatable bonds is 2. The van der Waals surface area contributed by atoms with E-state index in [4.69, 9.17) is 6.42 Å². The Bertz CT molecular complexity index is 394. The quantitative estimate of drug-likeness (QED) is 0.666. The molecule has 2 heteroatoms. The normalized spacial score (nSPS) is 23.9. The first-order valence-corrected chi connectivity index (χ1v) is 5.09. The molecule has 1 aromatic carbocycles. The van der Waals surface area contributed by atoms with Gasteiger partial charge in [-0.3, -0.25) is 4.90 Å². The van der Waals surface area contributed by atoms with Gasteiger partial charge in [0.2, 0.25) is 0 Å². The molecule has 0 spiro atoms. The molecule has 1 aliphatic rings. The van der Waals surface area contributed by atoms with Crippen molar-refractivity contribution < 1.29 is 4.39 Å². The molecule has 15 heavy (non-hydrogen) atoms. The second kappa shape index (κ2) is 4.04. The highest BCUT2D eigenvalue weighted by molar-refractivity contribution is 5.36. The average Bonchev–Trinajstić information content (AvgIpc) is 2.54. The third kappa shape index (κ3) is 1.75. The Morgan fingerprint density at radius 1 is 1.53 bits per heavy atom. The molecule has 0 aliphatic heterocycles.